The van der Waals surface area contributed by atoms with Crippen LogP contribution >= 0.6 is 0 Å². The van der Waals surface area contributed by atoms with E-state index in [1.165, 1.54) is 5.56 Å². The minimum atomic E-state index is -3.64. The Hall–Kier alpha value is -2.37. The molecule has 0 spiro atoms. The van der Waals surface area contributed by atoms with Crippen LogP contribution in [0.2, 0.25) is 0 Å². The largest absolute Gasteiger partial charge is 0.444 e. The van der Waals surface area contributed by atoms with Gasteiger partial charge in [0.05, 0.1) is 4.90 Å². The van der Waals surface area contributed by atoms with Gasteiger partial charge in [0.15, 0.2) is 0 Å². The van der Waals surface area contributed by atoms with Gasteiger partial charge in [0.2, 0.25) is 10.0 Å². The number of nitrogens with zero attached hydrogens (tertiary/aromatic N) is 2. The Labute approximate surface area is 259 Å². The Kier molecular flexibility index (Phi) is 12.7. The molecule has 1 aliphatic heterocycles. The molecule has 3 rings (SSSR count). The third-order valence-corrected chi connectivity index (χ3v) is 9.14. The van der Waals surface area contributed by atoms with Crippen LogP contribution in [0.25, 0.3) is 0 Å². The highest BCUT2D eigenvalue weighted by atomic mass is 32.2. The van der Waals surface area contributed by atoms with Crippen LogP contribution in [0, 0.1) is 0 Å². The third kappa shape index (κ3) is 11.9. The molecule has 0 radical (unpaired) electrons. The molecule has 2 N–H and O–H groups in total. The van der Waals surface area contributed by atoms with E-state index in [2.05, 4.69) is 10.0 Å². The smallest absolute Gasteiger partial charge is 0.410 e. The third-order valence-electron chi connectivity index (χ3n) is 7.68. The summed E-state index contributed by atoms with van der Waals surface area (Å²) in [6.45, 7) is 14.1. The van der Waals surface area contributed by atoms with Gasteiger partial charge in [0.25, 0.3) is 0 Å². The molecule has 2 aliphatic rings. The van der Waals surface area contributed by atoms with Crippen molar-refractivity contribution in [3.63, 3.8) is 0 Å². The minimum Gasteiger partial charge on any atom is -0.444 e. The summed E-state index contributed by atoms with van der Waals surface area (Å²) in [5.74, 6) is 0. The van der Waals surface area contributed by atoms with Crippen molar-refractivity contribution in [2.24, 2.45) is 0 Å². The molecule has 0 bridgehead atoms. The van der Waals surface area contributed by atoms with Crippen molar-refractivity contribution in [1.29, 1.82) is 0 Å². The molecule has 0 aromatic heterocycles. The molecule has 1 aromatic rings. The van der Waals surface area contributed by atoms with E-state index >= 15 is 0 Å². The summed E-state index contributed by atoms with van der Waals surface area (Å²) in [6.07, 6.45) is 7.18. The average Bonchev–Trinajstić information content (AvgIpc) is 3.15. The number of carbonyl (C=O) groups excluding carboxylic acids is 2. The van der Waals surface area contributed by atoms with Gasteiger partial charge in [0, 0.05) is 32.2 Å². The lowest BCUT2D eigenvalue weighted by Crippen LogP contribution is -2.49. The normalized spacial score (nSPS) is 16.6. The van der Waals surface area contributed by atoms with Crippen molar-refractivity contribution in [3.05, 3.63) is 29.3 Å². The first-order valence-corrected chi connectivity index (χ1v) is 17.4. The lowest BCUT2D eigenvalue weighted by molar-refractivity contribution is 0.00366. The number of fused-ring (bicyclic) bond motifs is 1. The quantitative estimate of drug-likeness (QED) is 0.324. The molecule has 2 amide bonds. The lowest BCUT2D eigenvalue weighted by Gasteiger charge is -2.37. The standard InChI is InChI=1S/C32H54N4O6S/c1-31(2,3)41-29(37)35(22-23-36(27-12-8-7-9-13-27)30(38)42-32(4,5)6)21-11-10-18-34-43(39,40)28-15-14-25-16-19-33-20-17-26(25)24-28/h14-15,24,27,33-34H,7-13,16-23H2,1-6H3. The van der Waals surface area contributed by atoms with E-state index in [0.717, 1.165) is 63.6 Å². The SMILES string of the molecule is CC(C)(C)OC(=O)N(CCCCNS(=O)(=O)c1ccc2c(c1)CCNCC2)CCN(C(=O)OC(C)(C)C)C1CCCCC1. The van der Waals surface area contributed by atoms with Crippen molar-refractivity contribution in [1.82, 2.24) is 19.8 Å². The molecule has 1 saturated carbocycles. The van der Waals surface area contributed by atoms with Crippen molar-refractivity contribution in [2.45, 2.75) is 121 Å². The molecular formula is C32H54N4O6S. The molecule has 43 heavy (non-hydrogen) atoms. The summed E-state index contributed by atoms with van der Waals surface area (Å²) in [5, 5.41) is 3.35. The van der Waals surface area contributed by atoms with Crippen LogP contribution in [-0.4, -0.2) is 86.9 Å². The number of rotatable bonds is 11. The maximum Gasteiger partial charge on any atom is 0.410 e. The number of nitrogens with one attached hydrogen (secondary N) is 2. The molecule has 1 aliphatic carbocycles. The van der Waals surface area contributed by atoms with Crippen molar-refractivity contribution < 1.29 is 27.5 Å². The van der Waals surface area contributed by atoms with Crippen LogP contribution in [-0.2, 0) is 32.3 Å². The fourth-order valence-electron chi connectivity index (χ4n) is 5.52. The number of unbranched alkanes of at least 4 members (excludes halogenated alkanes) is 1. The fraction of sp³-hybridized carbons (Fsp3) is 0.750. The monoisotopic (exact) mass is 622 g/mol. The molecular weight excluding hydrogens is 568 g/mol. The number of benzene rings is 1. The first kappa shape index (κ1) is 35.1. The molecule has 1 fully saturated rings. The second-order valence-corrected chi connectivity index (χ2v) is 15.5. The van der Waals surface area contributed by atoms with Gasteiger partial charge in [-0.1, -0.05) is 25.3 Å². The number of hydrogen-bond acceptors (Lipinski definition) is 7. The van der Waals surface area contributed by atoms with Gasteiger partial charge in [-0.15, -0.1) is 0 Å². The zero-order valence-electron chi connectivity index (χ0n) is 27.2. The van der Waals surface area contributed by atoms with Gasteiger partial charge in [-0.25, -0.2) is 22.7 Å². The van der Waals surface area contributed by atoms with E-state index in [4.69, 9.17) is 9.47 Å². The Balaban J connectivity index is 1.59. The molecule has 1 heterocycles. The summed E-state index contributed by atoms with van der Waals surface area (Å²) in [6, 6.07) is 5.48. The predicted octanol–water partition coefficient (Wildman–Crippen LogP) is 5.24. The fourth-order valence-corrected chi connectivity index (χ4v) is 6.64. The first-order valence-electron chi connectivity index (χ1n) is 15.9. The van der Waals surface area contributed by atoms with E-state index in [1.54, 1.807) is 21.9 Å². The molecule has 244 valence electrons. The zero-order valence-corrected chi connectivity index (χ0v) is 28.0. The second-order valence-electron chi connectivity index (χ2n) is 13.7. The highest BCUT2D eigenvalue weighted by Crippen LogP contribution is 2.25. The first-order chi connectivity index (χ1) is 20.1. The van der Waals surface area contributed by atoms with Crippen LogP contribution < -0.4 is 10.0 Å². The molecule has 10 nitrogen and oxygen atoms in total. The van der Waals surface area contributed by atoms with Crippen LogP contribution in [0.4, 0.5) is 9.59 Å². The summed E-state index contributed by atoms with van der Waals surface area (Å²) in [7, 11) is -3.64. The van der Waals surface area contributed by atoms with Crippen molar-refractivity contribution >= 4 is 22.2 Å². The van der Waals surface area contributed by atoms with Gasteiger partial charge in [-0.2, -0.15) is 0 Å². The van der Waals surface area contributed by atoms with Crippen molar-refractivity contribution in [2.75, 3.05) is 39.3 Å². The highest BCUT2D eigenvalue weighted by molar-refractivity contribution is 7.89. The van der Waals surface area contributed by atoms with E-state index in [9.17, 15) is 18.0 Å². The molecule has 0 unspecified atom stereocenters. The average molecular weight is 623 g/mol. The summed E-state index contributed by atoms with van der Waals surface area (Å²) in [4.78, 5) is 30.0. The summed E-state index contributed by atoms with van der Waals surface area (Å²) < 4.78 is 40.1. The lowest BCUT2D eigenvalue weighted by atomic mass is 9.94. The van der Waals surface area contributed by atoms with Gasteiger partial charge in [-0.3, -0.25) is 0 Å². The van der Waals surface area contributed by atoms with Crippen LogP contribution in [0.5, 0.6) is 0 Å². The van der Waals surface area contributed by atoms with Gasteiger partial charge in [-0.05, 0) is 116 Å². The summed E-state index contributed by atoms with van der Waals surface area (Å²) >= 11 is 0. The maximum atomic E-state index is 13.2. The molecule has 11 heteroatoms. The second kappa shape index (κ2) is 15.6. The van der Waals surface area contributed by atoms with Crippen LogP contribution in [0.3, 0.4) is 0 Å². The van der Waals surface area contributed by atoms with E-state index in [1.807, 2.05) is 47.6 Å². The summed E-state index contributed by atoms with van der Waals surface area (Å²) in [5.41, 5.74) is 0.996. The number of carbonyl (C=O) groups is 2. The van der Waals surface area contributed by atoms with E-state index in [-0.39, 0.29) is 23.6 Å². The highest BCUT2D eigenvalue weighted by Gasteiger charge is 2.31. The maximum absolute atomic E-state index is 13.2. The zero-order chi connectivity index (χ0) is 31.7. The topological polar surface area (TPSA) is 117 Å². The van der Waals surface area contributed by atoms with Crippen LogP contribution in [0.15, 0.2) is 23.1 Å². The molecule has 0 atom stereocenters. The van der Waals surface area contributed by atoms with E-state index in [0.29, 0.717) is 32.5 Å². The predicted molar refractivity (Wildman–Crippen MR) is 169 cm³/mol. The minimum absolute atomic E-state index is 0.0859. The Bertz CT molecular complexity index is 1170. The van der Waals surface area contributed by atoms with Gasteiger partial charge >= 0.3 is 12.2 Å². The molecule has 1 aromatic carbocycles. The number of amides is 2. The number of ether oxygens (including phenoxy) is 2. The molecule has 0 saturated heterocycles. The Morgan fingerprint density at radius 2 is 1.49 bits per heavy atom. The Morgan fingerprint density at radius 1 is 0.860 bits per heavy atom. The van der Waals surface area contributed by atoms with E-state index < -0.39 is 27.3 Å². The van der Waals surface area contributed by atoms with Crippen molar-refractivity contribution in [3.8, 4) is 0 Å². The van der Waals surface area contributed by atoms with Crippen LogP contribution in [0.1, 0.15) is 97.6 Å². The van der Waals surface area contributed by atoms with Gasteiger partial charge < -0.3 is 24.6 Å². The Morgan fingerprint density at radius 3 is 2.14 bits per heavy atom. The number of hydrogen-bond donors (Lipinski definition) is 2. The van der Waals surface area contributed by atoms with Gasteiger partial charge in [0.1, 0.15) is 11.2 Å². The number of sulfonamides is 1.